The van der Waals surface area contributed by atoms with Crippen LogP contribution in [0.25, 0.3) is 0 Å². The smallest absolute Gasteiger partial charge is 0.223 e. The summed E-state index contributed by atoms with van der Waals surface area (Å²) in [7, 11) is 0. The molecule has 2 N–H and O–H groups in total. The Kier molecular flexibility index (Phi) is 1.87. The van der Waals surface area contributed by atoms with Crippen molar-refractivity contribution in [1.29, 1.82) is 0 Å². The van der Waals surface area contributed by atoms with Crippen LogP contribution in [-0.4, -0.2) is 5.91 Å². The average Bonchev–Trinajstić information content (AvgIpc) is 2.73. The monoisotopic (exact) mass is 281 g/mol. The van der Waals surface area contributed by atoms with Gasteiger partial charge in [-0.1, -0.05) is 37.3 Å². The lowest BCUT2D eigenvalue weighted by Gasteiger charge is -2.66. The third-order valence-electron chi connectivity index (χ3n) is 7.95. The van der Waals surface area contributed by atoms with E-state index in [1.165, 1.54) is 24.8 Å². The van der Waals surface area contributed by atoms with Crippen molar-refractivity contribution >= 4 is 5.91 Å². The average molecular weight is 281 g/mol. The van der Waals surface area contributed by atoms with Gasteiger partial charge in [-0.05, 0) is 60.8 Å². The van der Waals surface area contributed by atoms with Crippen LogP contribution in [0.2, 0.25) is 0 Å². The van der Waals surface area contributed by atoms with Gasteiger partial charge in [0.1, 0.15) is 0 Å². The van der Waals surface area contributed by atoms with Gasteiger partial charge in [-0.25, -0.2) is 0 Å². The zero-order chi connectivity index (χ0) is 14.5. The van der Waals surface area contributed by atoms with E-state index in [2.05, 4.69) is 37.3 Å². The normalized spacial score (nSPS) is 52.5. The SMILES string of the molecule is C[C@]12CC3CC4(C(N)=O)CC1(C3)[C@](c1ccccc1)(C4)C2. The first kappa shape index (κ1) is 12.3. The summed E-state index contributed by atoms with van der Waals surface area (Å²) >= 11 is 0. The number of rotatable bonds is 2. The fraction of sp³-hybridized carbons (Fsp3) is 0.632. The molecule has 3 bridgehead atoms. The Morgan fingerprint density at radius 1 is 1.10 bits per heavy atom. The van der Waals surface area contributed by atoms with Crippen LogP contribution in [-0.2, 0) is 10.2 Å². The fourth-order valence-electron chi connectivity index (χ4n) is 7.64. The van der Waals surface area contributed by atoms with Gasteiger partial charge >= 0.3 is 0 Å². The largest absolute Gasteiger partial charge is 0.369 e. The summed E-state index contributed by atoms with van der Waals surface area (Å²) in [5.74, 6) is 0.699. The highest BCUT2D eigenvalue weighted by atomic mass is 16.1. The molecule has 1 aromatic carbocycles. The lowest BCUT2D eigenvalue weighted by molar-refractivity contribution is -0.131. The van der Waals surface area contributed by atoms with Crippen molar-refractivity contribution in [3.05, 3.63) is 35.9 Å². The number of primary amides is 1. The second kappa shape index (κ2) is 3.21. The maximum Gasteiger partial charge on any atom is 0.223 e. The predicted octanol–water partition coefficient (Wildman–Crippen LogP) is 3.40. The number of nitrogens with two attached hydrogens (primary N) is 1. The summed E-state index contributed by atoms with van der Waals surface area (Å²) in [6.07, 6.45) is 7.01. The Labute approximate surface area is 126 Å². The Bertz CT molecular complexity index is 655. The predicted molar refractivity (Wildman–Crippen MR) is 81.5 cm³/mol. The highest BCUT2D eigenvalue weighted by Crippen LogP contribution is 2.88. The van der Waals surface area contributed by atoms with Gasteiger partial charge in [0.25, 0.3) is 0 Å². The van der Waals surface area contributed by atoms with Crippen molar-refractivity contribution in [1.82, 2.24) is 0 Å². The Hall–Kier alpha value is -1.31. The minimum atomic E-state index is -0.215. The fourth-order valence-corrected chi connectivity index (χ4v) is 7.64. The lowest BCUT2D eigenvalue weighted by Crippen LogP contribution is -2.61. The van der Waals surface area contributed by atoms with E-state index >= 15 is 0 Å². The molecule has 2 heteroatoms. The van der Waals surface area contributed by atoms with Gasteiger partial charge in [0, 0.05) is 5.41 Å². The Morgan fingerprint density at radius 3 is 2.57 bits per heavy atom. The third-order valence-corrected chi connectivity index (χ3v) is 7.95. The molecule has 4 aliphatic rings. The first-order chi connectivity index (χ1) is 9.96. The van der Waals surface area contributed by atoms with Gasteiger partial charge in [-0.2, -0.15) is 0 Å². The molecule has 5 atom stereocenters. The van der Waals surface area contributed by atoms with Crippen LogP contribution in [0.5, 0.6) is 0 Å². The number of fused-ring (bicyclic) bond motifs is 2. The second-order valence-corrected chi connectivity index (χ2v) is 8.74. The molecule has 110 valence electrons. The maximum atomic E-state index is 12.3. The van der Waals surface area contributed by atoms with Crippen molar-refractivity contribution in [2.75, 3.05) is 0 Å². The molecule has 0 saturated heterocycles. The number of amides is 1. The standard InChI is InChI=1S/C19H23NO/c1-16-7-13-8-17(15(20)21)11-18(10-16,19(16,9-13)12-17)14-5-3-2-4-6-14/h2-6,13H,7-12H2,1H3,(H2,20,21)/t13?,16-,17?,18+,19?/m1/s1. The van der Waals surface area contributed by atoms with Crippen molar-refractivity contribution in [2.24, 2.45) is 27.9 Å². The van der Waals surface area contributed by atoms with E-state index in [0.29, 0.717) is 10.8 Å². The molecule has 1 amide bonds. The van der Waals surface area contributed by atoms with Gasteiger partial charge in [-0.15, -0.1) is 0 Å². The summed E-state index contributed by atoms with van der Waals surface area (Å²) in [6.45, 7) is 2.48. The van der Waals surface area contributed by atoms with Gasteiger partial charge < -0.3 is 5.73 Å². The van der Waals surface area contributed by atoms with E-state index in [9.17, 15) is 4.79 Å². The highest BCUT2D eigenvalue weighted by Gasteiger charge is 2.83. The van der Waals surface area contributed by atoms with E-state index < -0.39 is 0 Å². The molecule has 1 spiro atoms. The third kappa shape index (κ3) is 1.07. The van der Waals surface area contributed by atoms with Crippen LogP contribution in [0.15, 0.2) is 30.3 Å². The van der Waals surface area contributed by atoms with Gasteiger partial charge in [0.05, 0.1) is 5.41 Å². The lowest BCUT2D eigenvalue weighted by atomic mass is 9.38. The highest BCUT2D eigenvalue weighted by molar-refractivity contribution is 5.83. The number of benzene rings is 1. The first-order valence-electron chi connectivity index (χ1n) is 8.31. The second-order valence-electron chi connectivity index (χ2n) is 8.74. The van der Waals surface area contributed by atoms with Crippen LogP contribution >= 0.6 is 0 Å². The maximum absolute atomic E-state index is 12.3. The van der Waals surface area contributed by atoms with Crippen LogP contribution in [0.1, 0.15) is 51.0 Å². The Balaban J connectivity index is 1.74. The number of carbonyl (C=O) groups is 1. The zero-order valence-corrected chi connectivity index (χ0v) is 12.7. The number of hydrogen-bond acceptors (Lipinski definition) is 1. The summed E-state index contributed by atoms with van der Waals surface area (Å²) in [6, 6.07) is 11.0. The van der Waals surface area contributed by atoms with Crippen LogP contribution in [0.4, 0.5) is 0 Å². The number of carbonyl (C=O) groups excluding carboxylic acids is 1. The summed E-state index contributed by atoms with van der Waals surface area (Å²) in [4.78, 5) is 12.3. The van der Waals surface area contributed by atoms with Crippen molar-refractivity contribution in [2.45, 2.75) is 50.9 Å². The minimum absolute atomic E-state index is 0.0273. The Morgan fingerprint density at radius 2 is 1.86 bits per heavy atom. The van der Waals surface area contributed by atoms with Gasteiger partial charge in [0.15, 0.2) is 0 Å². The van der Waals surface area contributed by atoms with Crippen molar-refractivity contribution in [3.8, 4) is 0 Å². The molecular formula is C19H23NO. The molecule has 5 rings (SSSR count). The molecule has 0 aromatic heterocycles. The van der Waals surface area contributed by atoms with E-state index in [0.717, 1.165) is 25.2 Å². The molecular weight excluding hydrogens is 258 g/mol. The molecule has 0 heterocycles. The molecule has 3 unspecified atom stereocenters. The van der Waals surface area contributed by atoms with Gasteiger partial charge in [0.2, 0.25) is 5.91 Å². The molecule has 4 aliphatic carbocycles. The van der Waals surface area contributed by atoms with Crippen LogP contribution < -0.4 is 5.73 Å². The van der Waals surface area contributed by atoms with Crippen LogP contribution in [0.3, 0.4) is 0 Å². The van der Waals surface area contributed by atoms with E-state index in [-0.39, 0.29) is 16.7 Å². The molecule has 0 aliphatic heterocycles. The molecule has 2 nitrogen and oxygen atoms in total. The summed E-state index contributed by atoms with van der Waals surface area (Å²) in [5.41, 5.74) is 8.18. The van der Waals surface area contributed by atoms with Crippen molar-refractivity contribution < 1.29 is 4.79 Å². The van der Waals surface area contributed by atoms with E-state index in [1.54, 1.807) is 0 Å². The molecule has 4 fully saturated rings. The van der Waals surface area contributed by atoms with Crippen LogP contribution in [0, 0.1) is 22.2 Å². The van der Waals surface area contributed by atoms with E-state index in [4.69, 9.17) is 5.73 Å². The molecule has 1 aromatic rings. The molecule has 21 heavy (non-hydrogen) atoms. The van der Waals surface area contributed by atoms with E-state index in [1.807, 2.05) is 0 Å². The summed E-state index contributed by atoms with van der Waals surface area (Å²) < 4.78 is 0. The minimum Gasteiger partial charge on any atom is -0.369 e. The zero-order valence-electron chi connectivity index (χ0n) is 12.7. The van der Waals surface area contributed by atoms with Crippen molar-refractivity contribution in [3.63, 3.8) is 0 Å². The topological polar surface area (TPSA) is 43.1 Å². The van der Waals surface area contributed by atoms with Gasteiger partial charge in [-0.3, -0.25) is 4.79 Å². The molecule has 0 radical (unpaired) electrons. The number of hydrogen-bond donors (Lipinski definition) is 1. The quantitative estimate of drug-likeness (QED) is 0.887. The summed E-state index contributed by atoms with van der Waals surface area (Å²) in [5, 5.41) is 0. The first-order valence-corrected chi connectivity index (χ1v) is 8.31. The molecule has 4 saturated carbocycles.